The van der Waals surface area contributed by atoms with Crippen molar-refractivity contribution in [3.05, 3.63) is 59.7 Å². The summed E-state index contributed by atoms with van der Waals surface area (Å²) in [6, 6.07) is 16.4. The van der Waals surface area contributed by atoms with Crippen LogP contribution in [0.5, 0.6) is 11.5 Å². The molecule has 0 aliphatic carbocycles. The van der Waals surface area contributed by atoms with Crippen molar-refractivity contribution < 1.29 is 19.3 Å². The van der Waals surface area contributed by atoms with Crippen molar-refractivity contribution in [3.63, 3.8) is 0 Å². The number of methoxy groups -OCH3 is 2. The van der Waals surface area contributed by atoms with E-state index in [4.69, 9.17) is 14.2 Å². The van der Waals surface area contributed by atoms with Crippen molar-refractivity contribution in [1.29, 1.82) is 0 Å². The number of rotatable bonds is 9. The van der Waals surface area contributed by atoms with Crippen LogP contribution in [-0.4, -0.2) is 50.0 Å². The average molecular weight is 371 g/mol. The Labute approximate surface area is 161 Å². The molecule has 146 valence electrons. The van der Waals surface area contributed by atoms with Gasteiger partial charge in [0.1, 0.15) is 11.5 Å². The van der Waals surface area contributed by atoms with Gasteiger partial charge in [0.05, 0.1) is 33.5 Å². The fourth-order valence-corrected chi connectivity index (χ4v) is 3.70. The van der Waals surface area contributed by atoms with Gasteiger partial charge in [0, 0.05) is 18.2 Å². The van der Waals surface area contributed by atoms with Crippen molar-refractivity contribution in [2.24, 2.45) is 0 Å². The van der Waals surface area contributed by atoms with Gasteiger partial charge in [-0.25, -0.2) is 0 Å². The molecule has 2 aromatic rings. The van der Waals surface area contributed by atoms with Gasteiger partial charge < -0.3 is 19.3 Å². The quantitative estimate of drug-likeness (QED) is 0.732. The molecule has 1 aliphatic rings. The first kappa shape index (κ1) is 19.7. The summed E-state index contributed by atoms with van der Waals surface area (Å²) in [6.07, 6.45) is 1.74. The Morgan fingerprint density at radius 1 is 1.07 bits per heavy atom. The first-order valence-electron chi connectivity index (χ1n) is 9.47. The molecule has 0 spiro atoms. The van der Waals surface area contributed by atoms with Gasteiger partial charge in [-0.05, 0) is 43.1 Å². The lowest BCUT2D eigenvalue weighted by molar-refractivity contribution is 0.00725. The minimum Gasteiger partial charge on any atom is -0.497 e. The molecule has 0 radical (unpaired) electrons. The van der Waals surface area contributed by atoms with Gasteiger partial charge in [0.25, 0.3) is 0 Å². The largest absolute Gasteiger partial charge is 0.497 e. The number of likely N-dealkylation sites (tertiary alicyclic amines) is 1. The van der Waals surface area contributed by atoms with Crippen LogP contribution in [0.15, 0.2) is 48.5 Å². The number of hydrogen-bond acceptors (Lipinski definition) is 5. The molecule has 1 fully saturated rings. The third kappa shape index (κ3) is 5.22. The minimum absolute atomic E-state index is 0.309. The van der Waals surface area contributed by atoms with E-state index >= 15 is 0 Å². The number of hydrogen-bond donors (Lipinski definition) is 1. The second-order valence-corrected chi connectivity index (χ2v) is 6.91. The first-order chi connectivity index (χ1) is 13.2. The van der Waals surface area contributed by atoms with Crippen LogP contribution in [-0.2, 0) is 11.3 Å². The van der Waals surface area contributed by atoms with E-state index in [2.05, 4.69) is 17.0 Å². The summed E-state index contributed by atoms with van der Waals surface area (Å²) >= 11 is 0. The van der Waals surface area contributed by atoms with Crippen LogP contribution in [0.25, 0.3) is 0 Å². The average Bonchev–Trinajstić information content (AvgIpc) is 3.16. The molecular formula is C22H29NO4. The van der Waals surface area contributed by atoms with E-state index in [1.54, 1.807) is 14.2 Å². The number of para-hydroxylation sites is 1. The van der Waals surface area contributed by atoms with E-state index in [1.807, 2.05) is 36.4 Å². The summed E-state index contributed by atoms with van der Waals surface area (Å²) in [5.41, 5.74) is 2.26. The molecule has 1 heterocycles. The van der Waals surface area contributed by atoms with E-state index in [0.29, 0.717) is 25.8 Å². The molecule has 2 unspecified atom stereocenters. The smallest absolute Gasteiger partial charge is 0.124 e. The second-order valence-electron chi connectivity index (χ2n) is 6.91. The fourth-order valence-electron chi connectivity index (χ4n) is 3.70. The molecule has 0 bridgehead atoms. The van der Waals surface area contributed by atoms with Gasteiger partial charge >= 0.3 is 0 Å². The molecule has 3 rings (SSSR count). The Hall–Kier alpha value is -2.08. The maximum atomic E-state index is 10.4. The van der Waals surface area contributed by atoms with Crippen LogP contribution in [0.3, 0.4) is 0 Å². The lowest BCUT2D eigenvalue weighted by Gasteiger charge is -2.27. The summed E-state index contributed by atoms with van der Waals surface area (Å²) in [5, 5.41) is 10.4. The van der Waals surface area contributed by atoms with Crippen LogP contribution in [0.2, 0.25) is 0 Å². The maximum Gasteiger partial charge on any atom is 0.124 e. The molecule has 2 atom stereocenters. The molecule has 5 nitrogen and oxygen atoms in total. The zero-order valence-corrected chi connectivity index (χ0v) is 16.1. The van der Waals surface area contributed by atoms with Gasteiger partial charge in [-0.2, -0.15) is 0 Å². The number of nitrogens with zero attached hydrogens (tertiary/aromatic N) is 1. The van der Waals surface area contributed by atoms with Crippen LogP contribution in [0.4, 0.5) is 0 Å². The Morgan fingerprint density at radius 3 is 2.59 bits per heavy atom. The van der Waals surface area contributed by atoms with Gasteiger partial charge in [-0.3, -0.25) is 4.90 Å². The summed E-state index contributed by atoms with van der Waals surface area (Å²) < 4.78 is 16.3. The van der Waals surface area contributed by atoms with E-state index in [0.717, 1.165) is 36.4 Å². The van der Waals surface area contributed by atoms with E-state index in [9.17, 15) is 5.11 Å². The highest BCUT2D eigenvalue weighted by Crippen LogP contribution is 2.32. The molecule has 0 aromatic heterocycles. The van der Waals surface area contributed by atoms with E-state index < -0.39 is 6.10 Å². The van der Waals surface area contributed by atoms with Crippen molar-refractivity contribution in [2.45, 2.75) is 31.6 Å². The van der Waals surface area contributed by atoms with Gasteiger partial charge in [0.2, 0.25) is 0 Å². The third-order valence-corrected chi connectivity index (χ3v) is 5.07. The normalized spacial score (nSPS) is 18.4. The molecular weight excluding hydrogens is 342 g/mol. The standard InChI is InChI=1S/C22H29NO4/c1-25-20-11-9-17(10-12-20)21-7-5-13-23(21)14-19(24)16-27-15-18-6-3-4-8-22(18)26-2/h3-4,6,8-12,19,21,24H,5,7,13-16H2,1-2H3. The highest BCUT2D eigenvalue weighted by Gasteiger charge is 2.27. The van der Waals surface area contributed by atoms with Crippen molar-refractivity contribution in [3.8, 4) is 11.5 Å². The zero-order valence-electron chi connectivity index (χ0n) is 16.1. The number of benzene rings is 2. The number of aliphatic hydroxyl groups excluding tert-OH is 1. The van der Waals surface area contributed by atoms with Gasteiger partial charge in [0.15, 0.2) is 0 Å². The van der Waals surface area contributed by atoms with Crippen LogP contribution in [0, 0.1) is 0 Å². The Balaban J connectivity index is 1.49. The van der Waals surface area contributed by atoms with Gasteiger partial charge in [-0.15, -0.1) is 0 Å². The molecule has 2 aromatic carbocycles. The fraction of sp³-hybridized carbons (Fsp3) is 0.455. The molecule has 5 heteroatoms. The topological polar surface area (TPSA) is 51.2 Å². The third-order valence-electron chi connectivity index (χ3n) is 5.07. The second kappa shape index (κ2) is 9.74. The van der Waals surface area contributed by atoms with E-state index in [-0.39, 0.29) is 0 Å². The summed E-state index contributed by atoms with van der Waals surface area (Å²) in [7, 11) is 3.33. The van der Waals surface area contributed by atoms with Gasteiger partial charge in [-0.1, -0.05) is 30.3 Å². The van der Waals surface area contributed by atoms with E-state index in [1.165, 1.54) is 5.56 Å². The Morgan fingerprint density at radius 2 is 1.85 bits per heavy atom. The first-order valence-corrected chi connectivity index (χ1v) is 9.47. The lowest BCUT2D eigenvalue weighted by atomic mass is 10.0. The molecule has 1 aliphatic heterocycles. The van der Waals surface area contributed by atoms with Crippen molar-refractivity contribution in [2.75, 3.05) is 33.9 Å². The molecule has 1 N–H and O–H groups in total. The molecule has 0 saturated carbocycles. The zero-order chi connectivity index (χ0) is 19.1. The van der Waals surface area contributed by atoms with Crippen LogP contribution >= 0.6 is 0 Å². The lowest BCUT2D eigenvalue weighted by Crippen LogP contribution is -2.34. The minimum atomic E-state index is -0.515. The Kier molecular flexibility index (Phi) is 7.10. The number of ether oxygens (including phenoxy) is 3. The maximum absolute atomic E-state index is 10.4. The summed E-state index contributed by atoms with van der Waals surface area (Å²) in [5.74, 6) is 1.68. The van der Waals surface area contributed by atoms with Crippen LogP contribution in [0.1, 0.15) is 30.0 Å². The van der Waals surface area contributed by atoms with Crippen molar-refractivity contribution in [1.82, 2.24) is 4.90 Å². The molecule has 0 amide bonds. The predicted octanol–water partition coefficient (Wildman–Crippen LogP) is 3.42. The predicted molar refractivity (Wildman–Crippen MR) is 105 cm³/mol. The summed E-state index contributed by atoms with van der Waals surface area (Å²) in [4.78, 5) is 2.35. The summed E-state index contributed by atoms with van der Waals surface area (Å²) in [6.45, 7) is 2.36. The van der Waals surface area contributed by atoms with Crippen molar-refractivity contribution >= 4 is 0 Å². The number of aliphatic hydroxyl groups is 1. The SMILES string of the molecule is COc1ccc(C2CCCN2CC(O)COCc2ccccc2OC)cc1. The van der Waals surface area contributed by atoms with Crippen LogP contribution < -0.4 is 9.47 Å². The monoisotopic (exact) mass is 371 g/mol. The Bertz CT molecular complexity index is 704. The molecule has 1 saturated heterocycles. The highest BCUT2D eigenvalue weighted by atomic mass is 16.5. The highest BCUT2D eigenvalue weighted by molar-refractivity contribution is 5.32. The molecule has 27 heavy (non-hydrogen) atoms. The number of β-amino-alcohol motifs (C(OH)–C–C–N with tert-alkyl or cyclic N) is 1.